The highest BCUT2D eigenvalue weighted by Crippen LogP contribution is 2.14. The van der Waals surface area contributed by atoms with E-state index >= 15 is 0 Å². The molecule has 0 saturated heterocycles. The van der Waals surface area contributed by atoms with Gasteiger partial charge in [0.1, 0.15) is 6.04 Å². The molecule has 0 aliphatic rings. The molecule has 2 amide bonds. The fourth-order valence-corrected chi connectivity index (χ4v) is 3.69. The largest absolute Gasteiger partial charge is 0.354 e. The van der Waals surface area contributed by atoms with Crippen LogP contribution in [0.2, 0.25) is 0 Å². The summed E-state index contributed by atoms with van der Waals surface area (Å²) < 4.78 is 0. The predicted molar refractivity (Wildman–Crippen MR) is 131 cm³/mol. The van der Waals surface area contributed by atoms with Gasteiger partial charge in [-0.3, -0.25) is 14.6 Å². The summed E-state index contributed by atoms with van der Waals surface area (Å²) in [5.41, 5.74) is 14.5. The number of nitrogens with two attached hydrogens (primary N) is 2. The second-order valence-electron chi connectivity index (χ2n) is 8.22. The van der Waals surface area contributed by atoms with Gasteiger partial charge in [0.05, 0.1) is 11.6 Å². The molecule has 174 valence electrons. The van der Waals surface area contributed by atoms with Gasteiger partial charge in [0.15, 0.2) is 0 Å². The Morgan fingerprint density at radius 1 is 0.939 bits per heavy atom. The minimum absolute atomic E-state index is 0.226. The zero-order valence-corrected chi connectivity index (χ0v) is 18.9. The van der Waals surface area contributed by atoms with E-state index in [0.717, 1.165) is 29.3 Å². The predicted octanol–water partition coefficient (Wildman–Crippen LogP) is 2.08. The number of fused-ring (bicyclic) bond motifs is 1. The van der Waals surface area contributed by atoms with E-state index in [-0.39, 0.29) is 11.8 Å². The van der Waals surface area contributed by atoms with Gasteiger partial charge < -0.3 is 22.1 Å². The van der Waals surface area contributed by atoms with Crippen LogP contribution in [0, 0.1) is 0 Å². The van der Waals surface area contributed by atoms with Gasteiger partial charge in [-0.15, -0.1) is 0 Å². The number of carbonyl (C=O) groups excluding carboxylic acids is 2. The molecule has 0 radical (unpaired) electrons. The molecule has 0 spiro atoms. The molecule has 0 bridgehead atoms. The van der Waals surface area contributed by atoms with Crippen LogP contribution in [0.5, 0.6) is 0 Å². The lowest BCUT2D eigenvalue weighted by Crippen LogP contribution is -2.52. The number of nitrogens with one attached hydrogen (secondary N) is 2. The van der Waals surface area contributed by atoms with Gasteiger partial charge in [0, 0.05) is 24.5 Å². The van der Waals surface area contributed by atoms with Crippen LogP contribution in [0.15, 0.2) is 66.9 Å². The molecule has 33 heavy (non-hydrogen) atoms. The van der Waals surface area contributed by atoms with Crippen molar-refractivity contribution in [2.75, 3.05) is 13.1 Å². The van der Waals surface area contributed by atoms with Crippen LogP contribution < -0.4 is 22.1 Å². The molecule has 2 aromatic carbocycles. The Morgan fingerprint density at radius 2 is 1.70 bits per heavy atom. The van der Waals surface area contributed by atoms with Gasteiger partial charge in [-0.25, -0.2) is 0 Å². The Balaban J connectivity index is 1.64. The lowest BCUT2D eigenvalue weighted by atomic mass is 10.0. The number of rotatable bonds is 12. The number of nitrogens with zero attached hydrogens (tertiary/aromatic N) is 1. The molecule has 7 heteroatoms. The Morgan fingerprint density at radius 3 is 2.48 bits per heavy atom. The van der Waals surface area contributed by atoms with E-state index in [0.29, 0.717) is 32.4 Å². The van der Waals surface area contributed by atoms with Crippen LogP contribution >= 0.6 is 0 Å². The molecular weight excluding hydrogens is 414 g/mol. The van der Waals surface area contributed by atoms with Gasteiger partial charge in [0.2, 0.25) is 11.8 Å². The number of aryl methyl sites for hydroxylation is 1. The van der Waals surface area contributed by atoms with E-state index in [4.69, 9.17) is 11.5 Å². The molecule has 2 atom stereocenters. The van der Waals surface area contributed by atoms with E-state index in [1.807, 2.05) is 48.5 Å². The molecule has 0 aliphatic carbocycles. The van der Waals surface area contributed by atoms with Crippen LogP contribution in [-0.4, -0.2) is 42.0 Å². The van der Waals surface area contributed by atoms with Crippen LogP contribution in [0.1, 0.15) is 30.4 Å². The normalized spacial score (nSPS) is 12.8. The lowest BCUT2D eigenvalue weighted by Gasteiger charge is -2.21. The summed E-state index contributed by atoms with van der Waals surface area (Å²) >= 11 is 0. The first-order valence-corrected chi connectivity index (χ1v) is 11.5. The number of hydrogen-bond donors (Lipinski definition) is 4. The maximum absolute atomic E-state index is 13.0. The van der Waals surface area contributed by atoms with Crippen LogP contribution in [0.25, 0.3) is 10.9 Å². The first-order chi connectivity index (χ1) is 16.1. The Bertz CT molecular complexity index is 1040. The number of pyridine rings is 1. The van der Waals surface area contributed by atoms with Gasteiger partial charge in [-0.1, -0.05) is 48.5 Å². The van der Waals surface area contributed by atoms with Crippen molar-refractivity contribution in [3.63, 3.8) is 0 Å². The van der Waals surface area contributed by atoms with E-state index in [1.54, 1.807) is 6.20 Å². The maximum Gasteiger partial charge on any atom is 0.242 e. The third-order valence-electron chi connectivity index (χ3n) is 5.56. The summed E-state index contributed by atoms with van der Waals surface area (Å²) in [6.45, 7) is 0.990. The highest BCUT2D eigenvalue weighted by atomic mass is 16.2. The monoisotopic (exact) mass is 447 g/mol. The molecule has 1 aromatic heterocycles. The fourth-order valence-electron chi connectivity index (χ4n) is 3.69. The highest BCUT2D eigenvalue weighted by Gasteiger charge is 2.24. The summed E-state index contributed by atoms with van der Waals surface area (Å²) in [6, 6.07) is 18.5. The SMILES string of the molecule is NCCC[C@@H](N)C(=O)N[C@H](Cc1cnc2ccccc2c1)C(=O)NCCCc1ccccc1. The Kier molecular flexibility index (Phi) is 9.35. The number of para-hydroxylation sites is 1. The smallest absolute Gasteiger partial charge is 0.242 e. The molecule has 3 rings (SSSR count). The number of aromatic nitrogens is 1. The number of hydrogen-bond acceptors (Lipinski definition) is 5. The third-order valence-corrected chi connectivity index (χ3v) is 5.56. The van der Waals surface area contributed by atoms with Crippen molar-refractivity contribution in [1.29, 1.82) is 0 Å². The molecule has 6 N–H and O–H groups in total. The van der Waals surface area contributed by atoms with E-state index in [1.165, 1.54) is 5.56 Å². The van der Waals surface area contributed by atoms with Crippen molar-refractivity contribution in [2.24, 2.45) is 11.5 Å². The summed E-state index contributed by atoms with van der Waals surface area (Å²) in [5.74, 6) is -0.572. The topological polar surface area (TPSA) is 123 Å². The molecule has 0 aliphatic heterocycles. The van der Waals surface area contributed by atoms with Crippen LogP contribution in [0.4, 0.5) is 0 Å². The number of amides is 2. The summed E-state index contributed by atoms with van der Waals surface area (Å²) in [7, 11) is 0. The average Bonchev–Trinajstić information content (AvgIpc) is 2.85. The summed E-state index contributed by atoms with van der Waals surface area (Å²) in [5, 5.41) is 6.79. The van der Waals surface area contributed by atoms with E-state index in [9.17, 15) is 9.59 Å². The average molecular weight is 448 g/mol. The van der Waals surface area contributed by atoms with Crippen molar-refractivity contribution < 1.29 is 9.59 Å². The lowest BCUT2D eigenvalue weighted by molar-refractivity contribution is -0.129. The second-order valence-corrected chi connectivity index (χ2v) is 8.22. The quantitative estimate of drug-likeness (QED) is 0.317. The summed E-state index contributed by atoms with van der Waals surface area (Å²) in [6.07, 6.45) is 4.89. The third kappa shape index (κ3) is 7.66. The van der Waals surface area contributed by atoms with Gasteiger partial charge in [-0.05, 0) is 55.5 Å². The molecule has 0 unspecified atom stereocenters. The minimum Gasteiger partial charge on any atom is -0.354 e. The summed E-state index contributed by atoms with van der Waals surface area (Å²) in [4.78, 5) is 30.1. The van der Waals surface area contributed by atoms with Crippen molar-refractivity contribution in [3.8, 4) is 0 Å². The highest BCUT2D eigenvalue weighted by molar-refractivity contribution is 5.90. The van der Waals surface area contributed by atoms with Gasteiger partial charge >= 0.3 is 0 Å². The standard InChI is InChI=1S/C26H33N5O2/c27-14-6-12-22(28)25(32)31-24(17-20-16-21-11-4-5-13-23(21)30-18-20)26(33)29-15-7-10-19-8-2-1-3-9-19/h1-5,8-9,11,13,16,18,22,24H,6-7,10,12,14-15,17,27-28H2,(H,29,33)(H,31,32)/t22-,24-/m1/s1. The molecule has 7 nitrogen and oxygen atoms in total. The minimum atomic E-state index is -0.735. The maximum atomic E-state index is 13.0. The second kappa shape index (κ2) is 12.7. The first-order valence-electron chi connectivity index (χ1n) is 11.5. The van der Waals surface area contributed by atoms with Crippen molar-refractivity contribution in [3.05, 3.63) is 78.0 Å². The first kappa shape index (κ1) is 24.4. The fraction of sp³-hybridized carbons (Fsp3) is 0.346. The van der Waals surface area contributed by atoms with E-state index < -0.39 is 12.1 Å². The van der Waals surface area contributed by atoms with Crippen molar-refractivity contribution in [1.82, 2.24) is 15.6 Å². The van der Waals surface area contributed by atoms with Crippen molar-refractivity contribution in [2.45, 2.75) is 44.2 Å². The zero-order valence-electron chi connectivity index (χ0n) is 18.9. The van der Waals surface area contributed by atoms with E-state index in [2.05, 4.69) is 27.8 Å². The molecule has 0 fully saturated rings. The number of carbonyl (C=O) groups is 2. The zero-order chi connectivity index (χ0) is 23.5. The Labute approximate surface area is 195 Å². The van der Waals surface area contributed by atoms with Gasteiger partial charge in [0.25, 0.3) is 0 Å². The number of benzene rings is 2. The van der Waals surface area contributed by atoms with Crippen LogP contribution in [0.3, 0.4) is 0 Å². The van der Waals surface area contributed by atoms with Gasteiger partial charge in [-0.2, -0.15) is 0 Å². The molecular formula is C26H33N5O2. The van der Waals surface area contributed by atoms with Crippen LogP contribution in [-0.2, 0) is 22.4 Å². The molecule has 1 heterocycles. The Hall–Kier alpha value is -3.29. The molecule has 0 saturated carbocycles. The molecule has 3 aromatic rings. The van der Waals surface area contributed by atoms with Crippen molar-refractivity contribution >= 4 is 22.7 Å².